The fourth-order valence-electron chi connectivity index (χ4n) is 3.68. The summed E-state index contributed by atoms with van der Waals surface area (Å²) in [5, 5.41) is 20.0. The van der Waals surface area contributed by atoms with Crippen LogP contribution in [0.1, 0.15) is 36.1 Å². The maximum atomic E-state index is 10.8. The standard InChI is InChI=1S/C20H22N2O4/c23-13-14-1-3-15(4-2-14)17-9-10-21(19(11-17)16-5-6-16)12-18-7-8-20(26-18)22(24)25/h1-4,7-8,11,16,19,23H,5-6,9-10,12-13H2. The largest absolute Gasteiger partial charge is 0.433 e. The van der Waals surface area contributed by atoms with E-state index in [1.165, 1.54) is 30.0 Å². The molecule has 1 N–H and O–H groups in total. The van der Waals surface area contributed by atoms with E-state index in [2.05, 4.69) is 23.1 Å². The van der Waals surface area contributed by atoms with Crippen LogP contribution in [0.5, 0.6) is 0 Å². The predicted octanol–water partition coefficient (Wildman–Crippen LogP) is 3.75. The van der Waals surface area contributed by atoms with Crippen molar-refractivity contribution in [1.29, 1.82) is 0 Å². The molecule has 4 rings (SSSR count). The monoisotopic (exact) mass is 354 g/mol. The van der Waals surface area contributed by atoms with Gasteiger partial charge in [-0.1, -0.05) is 30.3 Å². The number of furan rings is 1. The molecule has 1 atom stereocenters. The van der Waals surface area contributed by atoms with Crippen molar-refractivity contribution in [2.45, 2.75) is 38.5 Å². The number of aliphatic hydroxyl groups excluding tert-OH is 1. The van der Waals surface area contributed by atoms with Gasteiger partial charge in [-0.25, -0.2) is 0 Å². The zero-order valence-electron chi connectivity index (χ0n) is 14.5. The third kappa shape index (κ3) is 3.57. The quantitative estimate of drug-likeness (QED) is 0.631. The average Bonchev–Trinajstić information content (AvgIpc) is 3.40. The number of benzene rings is 1. The summed E-state index contributed by atoms with van der Waals surface area (Å²) >= 11 is 0. The van der Waals surface area contributed by atoms with Crippen molar-refractivity contribution in [2.24, 2.45) is 5.92 Å². The Morgan fingerprint density at radius 1 is 1.19 bits per heavy atom. The second-order valence-corrected chi connectivity index (χ2v) is 7.09. The van der Waals surface area contributed by atoms with Crippen LogP contribution in [-0.4, -0.2) is 27.5 Å². The Hall–Kier alpha value is -2.44. The lowest BCUT2D eigenvalue weighted by Gasteiger charge is -2.34. The zero-order valence-corrected chi connectivity index (χ0v) is 14.5. The fraction of sp³-hybridized carbons (Fsp3) is 0.400. The van der Waals surface area contributed by atoms with E-state index < -0.39 is 4.92 Å². The van der Waals surface area contributed by atoms with Crippen LogP contribution in [0.3, 0.4) is 0 Å². The molecule has 0 amide bonds. The van der Waals surface area contributed by atoms with Gasteiger partial charge in [-0.15, -0.1) is 0 Å². The van der Waals surface area contributed by atoms with Gasteiger partial charge in [0.2, 0.25) is 0 Å². The van der Waals surface area contributed by atoms with Crippen molar-refractivity contribution in [1.82, 2.24) is 4.90 Å². The first-order valence-electron chi connectivity index (χ1n) is 9.02. The first-order valence-corrected chi connectivity index (χ1v) is 9.02. The van der Waals surface area contributed by atoms with Gasteiger partial charge in [0, 0.05) is 12.6 Å². The summed E-state index contributed by atoms with van der Waals surface area (Å²) in [6, 6.07) is 11.6. The summed E-state index contributed by atoms with van der Waals surface area (Å²) in [6.07, 6.45) is 5.75. The molecule has 0 spiro atoms. The molecule has 6 heteroatoms. The van der Waals surface area contributed by atoms with Gasteiger partial charge in [0.05, 0.1) is 19.2 Å². The molecule has 1 unspecified atom stereocenters. The van der Waals surface area contributed by atoms with E-state index in [0.29, 0.717) is 24.3 Å². The summed E-state index contributed by atoms with van der Waals surface area (Å²) < 4.78 is 5.35. The highest BCUT2D eigenvalue weighted by Gasteiger charge is 2.36. The van der Waals surface area contributed by atoms with Crippen molar-refractivity contribution in [3.63, 3.8) is 0 Å². The van der Waals surface area contributed by atoms with Crippen LogP contribution in [0.15, 0.2) is 46.9 Å². The van der Waals surface area contributed by atoms with Crippen molar-refractivity contribution < 1.29 is 14.4 Å². The van der Waals surface area contributed by atoms with Crippen LogP contribution in [-0.2, 0) is 13.2 Å². The Balaban J connectivity index is 1.52. The van der Waals surface area contributed by atoms with Crippen LogP contribution in [0.2, 0.25) is 0 Å². The lowest BCUT2D eigenvalue weighted by Crippen LogP contribution is -2.38. The molecule has 0 saturated heterocycles. The van der Waals surface area contributed by atoms with Gasteiger partial charge in [0.25, 0.3) is 0 Å². The summed E-state index contributed by atoms with van der Waals surface area (Å²) in [5.74, 6) is 1.11. The average molecular weight is 354 g/mol. The fourth-order valence-corrected chi connectivity index (χ4v) is 3.68. The highest BCUT2D eigenvalue weighted by atomic mass is 16.6. The smallest absolute Gasteiger partial charge is 0.404 e. The predicted molar refractivity (Wildman–Crippen MR) is 97.2 cm³/mol. The Morgan fingerprint density at radius 2 is 1.96 bits per heavy atom. The van der Waals surface area contributed by atoms with E-state index >= 15 is 0 Å². The molecule has 1 saturated carbocycles. The van der Waals surface area contributed by atoms with Gasteiger partial charge in [-0.3, -0.25) is 15.0 Å². The maximum Gasteiger partial charge on any atom is 0.433 e. The van der Waals surface area contributed by atoms with Gasteiger partial charge >= 0.3 is 5.88 Å². The molecule has 1 aliphatic carbocycles. The van der Waals surface area contributed by atoms with E-state index in [-0.39, 0.29) is 12.5 Å². The molecule has 0 radical (unpaired) electrons. The second kappa shape index (κ2) is 7.05. The minimum atomic E-state index is -0.494. The van der Waals surface area contributed by atoms with Crippen molar-refractivity contribution >= 4 is 11.5 Å². The highest BCUT2D eigenvalue weighted by molar-refractivity contribution is 5.67. The van der Waals surface area contributed by atoms with Crippen LogP contribution < -0.4 is 0 Å². The molecule has 1 aromatic heterocycles. The Kier molecular flexibility index (Phi) is 4.61. The van der Waals surface area contributed by atoms with Crippen molar-refractivity contribution in [3.8, 4) is 0 Å². The van der Waals surface area contributed by atoms with Crippen molar-refractivity contribution in [3.05, 3.63) is 69.5 Å². The van der Waals surface area contributed by atoms with E-state index in [1.54, 1.807) is 6.07 Å². The summed E-state index contributed by atoms with van der Waals surface area (Å²) in [5.41, 5.74) is 3.47. The number of nitrogens with zero attached hydrogens (tertiary/aromatic N) is 2. The lowest BCUT2D eigenvalue weighted by atomic mass is 9.93. The first-order chi connectivity index (χ1) is 12.6. The summed E-state index contributed by atoms with van der Waals surface area (Å²) in [4.78, 5) is 12.7. The Morgan fingerprint density at radius 3 is 2.58 bits per heavy atom. The van der Waals surface area contributed by atoms with Gasteiger partial charge < -0.3 is 9.52 Å². The van der Waals surface area contributed by atoms with E-state index in [1.807, 2.05) is 12.1 Å². The van der Waals surface area contributed by atoms with E-state index in [0.717, 1.165) is 18.5 Å². The molecule has 6 nitrogen and oxygen atoms in total. The molecule has 1 aliphatic heterocycles. The molecule has 26 heavy (non-hydrogen) atoms. The van der Waals surface area contributed by atoms with E-state index in [9.17, 15) is 15.2 Å². The number of rotatable bonds is 6. The summed E-state index contributed by atoms with van der Waals surface area (Å²) in [7, 11) is 0. The van der Waals surface area contributed by atoms with Gasteiger partial charge in [-0.2, -0.15) is 0 Å². The first kappa shape index (κ1) is 17.0. The van der Waals surface area contributed by atoms with Crippen LogP contribution >= 0.6 is 0 Å². The zero-order chi connectivity index (χ0) is 18.1. The number of nitro groups is 1. The molecular weight excluding hydrogens is 332 g/mol. The third-order valence-electron chi connectivity index (χ3n) is 5.26. The molecule has 0 bridgehead atoms. The minimum Gasteiger partial charge on any atom is -0.404 e. The van der Waals surface area contributed by atoms with Crippen LogP contribution in [0, 0.1) is 16.0 Å². The van der Waals surface area contributed by atoms with Gasteiger partial charge in [-0.05, 0) is 47.9 Å². The molecule has 2 aliphatic rings. The normalized spacial score (nSPS) is 20.8. The molecule has 1 aromatic carbocycles. The second-order valence-electron chi connectivity index (χ2n) is 7.09. The molecule has 1 fully saturated rings. The van der Waals surface area contributed by atoms with Gasteiger partial charge in [0.15, 0.2) is 0 Å². The van der Waals surface area contributed by atoms with E-state index in [4.69, 9.17) is 4.42 Å². The van der Waals surface area contributed by atoms with Crippen LogP contribution in [0.4, 0.5) is 5.88 Å². The minimum absolute atomic E-state index is 0.0626. The van der Waals surface area contributed by atoms with Crippen LogP contribution in [0.25, 0.3) is 5.57 Å². The molecule has 136 valence electrons. The Labute approximate surface area is 151 Å². The number of aliphatic hydroxyl groups is 1. The third-order valence-corrected chi connectivity index (χ3v) is 5.26. The maximum absolute atomic E-state index is 10.8. The Bertz CT molecular complexity index is 821. The topological polar surface area (TPSA) is 79.8 Å². The molecule has 2 aromatic rings. The highest BCUT2D eigenvalue weighted by Crippen LogP contribution is 2.40. The lowest BCUT2D eigenvalue weighted by molar-refractivity contribution is -0.402. The number of hydrogen-bond acceptors (Lipinski definition) is 5. The SMILES string of the molecule is O=[N+]([O-])c1ccc(CN2CCC(c3ccc(CO)cc3)=CC2C2CC2)o1. The molecule has 2 heterocycles. The van der Waals surface area contributed by atoms with Gasteiger partial charge in [0.1, 0.15) is 10.7 Å². The van der Waals surface area contributed by atoms with Crippen molar-refractivity contribution in [2.75, 3.05) is 6.54 Å². The number of hydrogen-bond donors (Lipinski definition) is 1. The molecular formula is C20H22N2O4. The summed E-state index contributed by atoms with van der Waals surface area (Å²) in [6.45, 7) is 1.57.